The minimum atomic E-state index is -0.139. The average molecular weight is 358 g/mol. The molecule has 0 fully saturated rings. The van der Waals surface area contributed by atoms with Gasteiger partial charge in [-0.15, -0.1) is 0 Å². The second-order valence-electron chi connectivity index (χ2n) is 6.07. The first kappa shape index (κ1) is 16.5. The van der Waals surface area contributed by atoms with E-state index in [2.05, 4.69) is 41.5 Å². The maximum Gasteiger partial charge on any atom is 0.257 e. The molecule has 1 amide bonds. The monoisotopic (exact) mass is 358 g/mol. The number of aryl methyl sites for hydroxylation is 1. The first-order chi connectivity index (χ1) is 12.7. The second kappa shape index (κ2) is 7.10. The molecule has 1 N–H and O–H groups in total. The van der Waals surface area contributed by atoms with Crippen LogP contribution >= 0.6 is 11.3 Å². The third-order valence-corrected chi connectivity index (χ3v) is 5.27. The van der Waals surface area contributed by atoms with Gasteiger partial charge in [-0.2, -0.15) is 0 Å². The summed E-state index contributed by atoms with van der Waals surface area (Å²) in [7, 11) is 0. The Morgan fingerprint density at radius 3 is 2.42 bits per heavy atom. The molecule has 4 aromatic rings. The number of benzene rings is 3. The van der Waals surface area contributed by atoms with Gasteiger partial charge in [0.1, 0.15) is 0 Å². The summed E-state index contributed by atoms with van der Waals surface area (Å²) < 4.78 is 1.10. The fourth-order valence-electron chi connectivity index (χ4n) is 2.86. The molecule has 0 aliphatic carbocycles. The lowest BCUT2D eigenvalue weighted by Gasteiger charge is -2.04. The molecule has 0 radical (unpaired) electrons. The number of anilines is 1. The van der Waals surface area contributed by atoms with Gasteiger partial charge in [0.25, 0.3) is 5.91 Å². The van der Waals surface area contributed by atoms with Crippen LogP contribution in [0.15, 0.2) is 72.8 Å². The molecule has 0 atom stereocenters. The van der Waals surface area contributed by atoms with E-state index in [1.165, 1.54) is 16.9 Å². The standard InChI is InChI=1S/C22H18N2OS/c1-2-15-8-13-19-20(14-15)26-22(23-19)24-21(25)18-11-9-17(10-12-18)16-6-4-3-5-7-16/h3-14H,2H2,1H3,(H,23,24,25). The zero-order valence-electron chi connectivity index (χ0n) is 14.4. The summed E-state index contributed by atoms with van der Waals surface area (Å²) in [6.07, 6.45) is 0.989. The molecule has 4 rings (SSSR count). The number of thiazole rings is 1. The maximum absolute atomic E-state index is 12.5. The fraction of sp³-hybridized carbons (Fsp3) is 0.0909. The van der Waals surface area contributed by atoms with Crippen LogP contribution < -0.4 is 5.32 Å². The Kier molecular flexibility index (Phi) is 4.50. The van der Waals surface area contributed by atoms with Gasteiger partial charge in [0.15, 0.2) is 5.13 Å². The van der Waals surface area contributed by atoms with Crippen molar-refractivity contribution in [1.29, 1.82) is 0 Å². The van der Waals surface area contributed by atoms with Crippen LogP contribution in [0.3, 0.4) is 0 Å². The van der Waals surface area contributed by atoms with Gasteiger partial charge in [-0.1, -0.05) is 66.8 Å². The van der Waals surface area contributed by atoms with Crippen molar-refractivity contribution in [3.63, 3.8) is 0 Å². The Morgan fingerprint density at radius 1 is 0.962 bits per heavy atom. The van der Waals surface area contributed by atoms with Crippen molar-refractivity contribution in [2.24, 2.45) is 0 Å². The van der Waals surface area contributed by atoms with Gasteiger partial charge in [-0.25, -0.2) is 4.98 Å². The van der Waals surface area contributed by atoms with Crippen LogP contribution in [0.5, 0.6) is 0 Å². The molecule has 1 aromatic heterocycles. The SMILES string of the molecule is CCc1ccc2nc(NC(=O)c3ccc(-c4ccccc4)cc3)sc2c1. The van der Waals surface area contributed by atoms with E-state index in [1.54, 1.807) is 0 Å². The number of nitrogens with one attached hydrogen (secondary N) is 1. The molecule has 26 heavy (non-hydrogen) atoms. The smallest absolute Gasteiger partial charge is 0.257 e. The van der Waals surface area contributed by atoms with E-state index in [-0.39, 0.29) is 5.91 Å². The number of hydrogen-bond donors (Lipinski definition) is 1. The van der Waals surface area contributed by atoms with E-state index in [4.69, 9.17) is 0 Å². The predicted octanol–water partition coefficient (Wildman–Crippen LogP) is 5.78. The molecule has 0 spiro atoms. The highest BCUT2D eigenvalue weighted by Gasteiger charge is 2.10. The van der Waals surface area contributed by atoms with Gasteiger partial charge >= 0.3 is 0 Å². The summed E-state index contributed by atoms with van der Waals surface area (Å²) in [5, 5.41) is 3.54. The number of fused-ring (bicyclic) bond motifs is 1. The van der Waals surface area contributed by atoms with Crippen molar-refractivity contribution in [3.05, 3.63) is 83.9 Å². The van der Waals surface area contributed by atoms with E-state index < -0.39 is 0 Å². The third kappa shape index (κ3) is 3.37. The first-order valence-corrected chi connectivity index (χ1v) is 9.41. The molecule has 0 saturated carbocycles. The van der Waals surface area contributed by atoms with Crippen LogP contribution in [0.2, 0.25) is 0 Å². The molecule has 4 heteroatoms. The topological polar surface area (TPSA) is 42.0 Å². The zero-order chi connectivity index (χ0) is 17.9. The molecule has 0 saturated heterocycles. The van der Waals surface area contributed by atoms with Crippen LogP contribution in [-0.4, -0.2) is 10.9 Å². The van der Waals surface area contributed by atoms with E-state index in [9.17, 15) is 4.79 Å². The van der Waals surface area contributed by atoms with Crippen molar-refractivity contribution >= 4 is 32.6 Å². The highest BCUT2D eigenvalue weighted by molar-refractivity contribution is 7.22. The first-order valence-electron chi connectivity index (χ1n) is 8.59. The van der Waals surface area contributed by atoms with Crippen LogP contribution in [-0.2, 0) is 6.42 Å². The molecular weight excluding hydrogens is 340 g/mol. The normalized spacial score (nSPS) is 10.8. The van der Waals surface area contributed by atoms with Gasteiger partial charge in [0.2, 0.25) is 0 Å². The summed E-state index contributed by atoms with van der Waals surface area (Å²) in [5.41, 5.74) is 5.04. The fourth-order valence-corrected chi connectivity index (χ4v) is 3.78. The number of hydrogen-bond acceptors (Lipinski definition) is 3. The highest BCUT2D eigenvalue weighted by atomic mass is 32.1. The Hall–Kier alpha value is -2.98. The number of amides is 1. The van der Waals surface area contributed by atoms with Gasteiger partial charge in [0, 0.05) is 5.56 Å². The van der Waals surface area contributed by atoms with E-state index >= 15 is 0 Å². The van der Waals surface area contributed by atoms with Crippen LogP contribution in [0.4, 0.5) is 5.13 Å². The Labute approximate surface area is 156 Å². The van der Waals surface area contributed by atoms with E-state index in [0.717, 1.165) is 27.8 Å². The second-order valence-corrected chi connectivity index (χ2v) is 7.10. The molecular formula is C22H18N2OS. The number of carbonyl (C=O) groups excluding carboxylic acids is 1. The Balaban J connectivity index is 1.53. The van der Waals surface area contributed by atoms with Gasteiger partial charge in [-0.05, 0) is 47.4 Å². The lowest BCUT2D eigenvalue weighted by Crippen LogP contribution is -2.11. The van der Waals surface area contributed by atoms with Crippen molar-refractivity contribution in [1.82, 2.24) is 4.98 Å². The number of nitrogens with zero attached hydrogens (tertiary/aromatic N) is 1. The molecule has 0 bridgehead atoms. The summed E-state index contributed by atoms with van der Waals surface area (Å²) in [5.74, 6) is -0.139. The minimum absolute atomic E-state index is 0.139. The lowest BCUT2D eigenvalue weighted by atomic mass is 10.0. The predicted molar refractivity (Wildman–Crippen MR) is 109 cm³/mol. The van der Waals surface area contributed by atoms with E-state index in [1.807, 2.05) is 48.5 Å². The lowest BCUT2D eigenvalue weighted by molar-refractivity contribution is 0.102. The van der Waals surface area contributed by atoms with Crippen LogP contribution in [0.25, 0.3) is 21.3 Å². The van der Waals surface area contributed by atoms with E-state index in [0.29, 0.717) is 10.7 Å². The Morgan fingerprint density at radius 2 is 1.69 bits per heavy atom. The molecule has 0 unspecified atom stereocenters. The summed E-state index contributed by atoms with van der Waals surface area (Å²) in [4.78, 5) is 17.0. The third-order valence-electron chi connectivity index (χ3n) is 4.34. The van der Waals surface area contributed by atoms with Crippen molar-refractivity contribution in [2.75, 3.05) is 5.32 Å². The summed E-state index contributed by atoms with van der Waals surface area (Å²) in [6.45, 7) is 2.13. The van der Waals surface area contributed by atoms with Gasteiger partial charge < -0.3 is 0 Å². The van der Waals surface area contributed by atoms with Gasteiger partial charge in [0.05, 0.1) is 10.2 Å². The van der Waals surface area contributed by atoms with Crippen molar-refractivity contribution in [3.8, 4) is 11.1 Å². The number of rotatable bonds is 4. The number of carbonyl (C=O) groups is 1. The molecule has 1 heterocycles. The van der Waals surface area contributed by atoms with Gasteiger partial charge in [-0.3, -0.25) is 10.1 Å². The quantitative estimate of drug-likeness (QED) is 0.502. The molecule has 0 aliphatic heterocycles. The maximum atomic E-state index is 12.5. The minimum Gasteiger partial charge on any atom is -0.298 e. The highest BCUT2D eigenvalue weighted by Crippen LogP contribution is 2.27. The van der Waals surface area contributed by atoms with Crippen LogP contribution in [0, 0.1) is 0 Å². The number of aromatic nitrogens is 1. The Bertz CT molecular complexity index is 1050. The molecule has 3 aromatic carbocycles. The molecule has 128 valence electrons. The zero-order valence-corrected chi connectivity index (χ0v) is 15.2. The molecule has 3 nitrogen and oxygen atoms in total. The van der Waals surface area contributed by atoms with Crippen molar-refractivity contribution in [2.45, 2.75) is 13.3 Å². The largest absolute Gasteiger partial charge is 0.298 e. The average Bonchev–Trinajstić information content (AvgIpc) is 3.10. The van der Waals surface area contributed by atoms with Crippen LogP contribution in [0.1, 0.15) is 22.8 Å². The summed E-state index contributed by atoms with van der Waals surface area (Å²) >= 11 is 1.51. The molecule has 0 aliphatic rings. The summed E-state index contributed by atoms with van der Waals surface area (Å²) in [6, 6.07) is 24.0. The van der Waals surface area contributed by atoms with Crippen molar-refractivity contribution < 1.29 is 4.79 Å².